The van der Waals surface area contributed by atoms with Gasteiger partial charge in [0.05, 0.1) is 0 Å². The summed E-state index contributed by atoms with van der Waals surface area (Å²) in [7, 11) is 0. The number of rotatable bonds is 12. The van der Waals surface area contributed by atoms with Gasteiger partial charge < -0.3 is 4.74 Å². The highest BCUT2D eigenvalue weighted by atomic mass is 16.5. The number of carbonyl (C=O) groups excluding carboxylic acids is 1. The van der Waals surface area contributed by atoms with Gasteiger partial charge in [0.1, 0.15) is 6.61 Å². The van der Waals surface area contributed by atoms with E-state index in [2.05, 4.69) is 59.4 Å². The molecule has 0 N–H and O–H groups in total. The Balaban J connectivity index is 4.04. The van der Waals surface area contributed by atoms with Crippen LogP contribution in [0.5, 0.6) is 0 Å². The summed E-state index contributed by atoms with van der Waals surface area (Å²) in [6.07, 6.45) is 15.6. The molecule has 0 amide bonds. The van der Waals surface area contributed by atoms with Crippen molar-refractivity contribution in [3.63, 3.8) is 0 Å². The van der Waals surface area contributed by atoms with Gasteiger partial charge >= 0.3 is 5.97 Å². The largest absolute Gasteiger partial charge is 0.458 e. The molecule has 0 aromatic rings. The van der Waals surface area contributed by atoms with E-state index in [1.54, 1.807) is 6.92 Å². The fraction of sp³-hybridized carbons (Fsp3) is 0.542. The van der Waals surface area contributed by atoms with Gasteiger partial charge in [0, 0.05) is 5.57 Å². The van der Waals surface area contributed by atoms with Crippen LogP contribution >= 0.6 is 0 Å². The lowest BCUT2D eigenvalue weighted by atomic mass is 10.0. The molecule has 0 heterocycles. The molecule has 0 saturated heterocycles. The van der Waals surface area contributed by atoms with Gasteiger partial charge in [-0.25, -0.2) is 4.79 Å². The third-order valence-corrected chi connectivity index (χ3v) is 4.15. The zero-order valence-electron chi connectivity index (χ0n) is 17.8. The first-order chi connectivity index (χ1) is 12.2. The van der Waals surface area contributed by atoms with Gasteiger partial charge in [0.25, 0.3) is 0 Å². The molecule has 0 fully saturated rings. The fourth-order valence-electron chi connectivity index (χ4n) is 2.37. The van der Waals surface area contributed by atoms with E-state index in [1.165, 1.54) is 22.3 Å². The maximum absolute atomic E-state index is 11.3. The van der Waals surface area contributed by atoms with Crippen LogP contribution in [0.15, 0.2) is 58.7 Å². The first kappa shape index (κ1) is 24.2. The van der Waals surface area contributed by atoms with Crippen molar-refractivity contribution in [2.24, 2.45) is 0 Å². The number of allylic oxidation sites excluding steroid dienone is 7. The minimum atomic E-state index is -0.325. The van der Waals surface area contributed by atoms with Crippen LogP contribution in [0.3, 0.4) is 0 Å². The SMILES string of the molecule is C=C(C)C(=O)OC/C=C(\C)CC/C=C(\C)CC/C=C(\C)CCC=C(C)C. The standard InChI is InChI=1S/C24H38O2/c1-19(2)11-8-12-21(5)13-9-14-22(6)15-10-16-23(7)17-18-26-24(25)20(3)4/h11,13,15,17H,3,8-10,12,14,16,18H2,1-2,4-7H3/b21-13+,22-15+,23-17+. The molecule has 0 aliphatic carbocycles. The van der Waals surface area contributed by atoms with E-state index >= 15 is 0 Å². The van der Waals surface area contributed by atoms with Gasteiger partial charge in [0.15, 0.2) is 0 Å². The van der Waals surface area contributed by atoms with E-state index < -0.39 is 0 Å². The van der Waals surface area contributed by atoms with Gasteiger partial charge in [-0.2, -0.15) is 0 Å². The van der Waals surface area contributed by atoms with Gasteiger partial charge in [-0.3, -0.25) is 0 Å². The molecule has 0 saturated carbocycles. The Kier molecular flexibility index (Phi) is 13.3. The second kappa shape index (κ2) is 14.4. The van der Waals surface area contributed by atoms with E-state index in [9.17, 15) is 4.79 Å². The fourth-order valence-corrected chi connectivity index (χ4v) is 2.37. The summed E-state index contributed by atoms with van der Waals surface area (Å²) in [5, 5.41) is 0. The Labute approximate surface area is 161 Å². The minimum absolute atomic E-state index is 0.325. The molecule has 0 aliphatic heterocycles. The molecule has 2 heteroatoms. The molecule has 0 spiro atoms. The second-order valence-electron chi connectivity index (χ2n) is 7.43. The molecular formula is C24H38O2. The lowest BCUT2D eigenvalue weighted by Crippen LogP contribution is -2.04. The first-order valence-corrected chi connectivity index (χ1v) is 9.65. The van der Waals surface area contributed by atoms with Crippen LogP contribution < -0.4 is 0 Å². The average molecular weight is 359 g/mol. The normalized spacial score (nSPS) is 12.8. The Morgan fingerprint density at radius 2 is 1.15 bits per heavy atom. The summed E-state index contributed by atoms with van der Waals surface area (Å²) in [6.45, 7) is 16.4. The topological polar surface area (TPSA) is 26.3 Å². The third kappa shape index (κ3) is 14.5. The number of ether oxygens (including phenoxy) is 1. The highest BCUT2D eigenvalue weighted by Crippen LogP contribution is 2.13. The number of esters is 1. The van der Waals surface area contributed by atoms with Crippen LogP contribution in [-0.4, -0.2) is 12.6 Å². The van der Waals surface area contributed by atoms with Crippen LogP contribution in [-0.2, 0) is 9.53 Å². The quantitative estimate of drug-likeness (QED) is 0.208. The summed E-state index contributed by atoms with van der Waals surface area (Å²) >= 11 is 0. The Hall–Kier alpha value is -1.83. The summed E-state index contributed by atoms with van der Waals surface area (Å²) in [6, 6.07) is 0. The predicted molar refractivity (Wildman–Crippen MR) is 114 cm³/mol. The van der Waals surface area contributed by atoms with Crippen molar-refractivity contribution in [2.45, 2.75) is 80.1 Å². The van der Waals surface area contributed by atoms with Crippen molar-refractivity contribution in [1.29, 1.82) is 0 Å². The van der Waals surface area contributed by atoms with Crippen LogP contribution in [0, 0.1) is 0 Å². The van der Waals surface area contributed by atoms with Crippen LogP contribution in [0.2, 0.25) is 0 Å². The molecule has 0 rings (SSSR count). The molecule has 0 aromatic carbocycles. The highest BCUT2D eigenvalue weighted by molar-refractivity contribution is 5.86. The van der Waals surface area contributed by atoms with Crippen molar-refractivity contribution in [1.82, 2.24) is 0 Å². The highest BCUT2D eigenvalue weighted by Gasteiger charge is 2.00. The van der Waals surface area contributed by atoms with E-state index in [0.717, 1.165) is 38.5 Å². The number of carbonyl (C=O) groups is 1. The molecule has 2 nitrogen and oxygen atoms in total. The van der Waals surface area contributed by atoms with E-state index in [0.29, 0.717) is 12.2 Å². The molecule has 0 atom stereocenters. The molecule has 26 heavy (non-hydrogen) atoms. The summed E-state index contributed by atoms with van der Waals surface area (Å²) in [4.78, 5) is 11.3. The summed E-state index contributed by atoms with van der Waals surface area (Å²) in [5.41, 5.74) is 6.02. The molecule has 0 radical (unpaired) electrons. The monoisotopic (exact) mass is 358 g/mol. The number of hydrogen-bond donors (Lipinski definition) is 0. The Bertz CT molecular complexity index is 567. The lowest BCUT2D eigenvalue weighted by molar-refractivity contribution is -0.137. The maximum Gasteiger partial charge on any atom is 0.333 e. The van der Waals surface area contributed by atoms with Gasteiger partial charge in [-0.15, -0.1) is 0 Å². The van der Waals surface area contributed by atoms with Crippen LogP contribution in [0.1, 0.15) is 80.1 Å². The zero-order chi connectivity index (χ0) is 19.9. The number of hydrogen-bond acceptors (Lipinski definition) is 2. The predicted octanol–water partition coefficient (Wildman–Crippen LogP) is 7.25. The van der Waals surface area contributed by atoms with E-state index in [1.807, 2.05) is 6.08 Å². The average Bonchev–Trinajstić information content (AvgIpc) is 2.54. The van der Waals surface area contributed by atoms with Gasteiger partial charge in [-0.1, -0.05) is 47.1 Å². The summed E-state index contributed by atoms with van der Waals surface area (Å²) < 4.78 is 5.08. The molecule has 0 bridgehead atoms. The molecular weight excluding hydrogens is 320 g/mol. The van der Waals surface area contributed by atoms with Crippen molar-refractivity contribution in [3.05, 3.63) is 58.7 Å². The smallest absolute Gasteiger partial charge is 0.333 e. The Morgan fingerprint density at radius 3 is 1.58 bits per heavy atom. The van der Waals surface area contributed by atoms with Crippen molar-refractivity contribution >= 4 is 5.97 Å². The maximum atomic E-state index is 11.3. The lowest BCUT2D eigenvalue weighted by Gasteiger charge is -2.04. The van der Waals surface area contributed by atoms with E-state index in [-0.39, 0.29) is 5.97 Å². The molecule has 0 unspecified atom stereocenters. The van der Waals surface area contributed by atoms with Crippen LogP contribution in [0.25, 0.3) is 0 Å². The Morgan fingerprint density at radius 1 is 0.731 bits per heavy atom. The second-order valence-corrected chi connectivity index (χ2v) is 7.43. The third-order valence-electron chi connectivity index (χ3n) is 4.15. The van der Waals surface area contributed by atoms with Crippen molar-refractivity contribution < 1.29 is 9.53 Å². The van der Waals surface area contributed by atoms with Crippen molar-refractivity contribution in [2.75, 3.05) is 6.61 Å². The first-order valence-electron chi connectivity index (χ1n) is 9.65. The summed E-state index contributed by atoms with van der Waals surface area (Å²) in [5.74, 6) is -0.325. The van der Waals surface area contributed by atoms with E-state index in [4.69, 9.17) is 4.74 Å². The van der Waals surface area contributed by atoms with Crippen LogP contribution in [0.4, 0.5) is 0 Å². The zero-order valence-corrected chi connectivity index (χ0v) is 17.8. The van der Waals surface area contributed by atoms with Gasteiger partial charge in [-0.05, 0) is 86.1 Å². The van der Waals surface area contributed by atoms with Crippen molar-refractivity contribution in [3.8, 4) is 0 Å². The molecule has 0 aromatic heterocycles. The van der Waals surface area contributed by atoms with Gasteiger partial charge in [0.2, 0.25) is 0 Å². The molecule has 0 aliphatic rings. The molecule has 146 valence electrons. The minimum Gasteiger partial charge on any atom is -0.458 e.